The maximum atomic E-state index is 8.78. The van der Waals surface area contributed by atoms with Crippen LogP contribution in [0.15, 0.2) is 18.2 Å². The fourth-order valence-electron chi connectivity index (χ4n) is 1.32. The predicted octanol–water partition coefficient (Wildman–Crippen LogP) is 1.84. The summed E-state index contributed by atoms with van der Waals surface area (Å²) in [6, 6.07) is 7.97. The Hall–Kier alpha value is -1.53. The van der Waals surface area contributed by atoms with Crippen LogP contribution >= 0.6 is 0 Å². The van der Waals surface area contributed by atoms with E-state index in [2.05, 4.69) is 16.3 Å². The zero-order valence-corrected chi connectivity index (χ0v) is 9.54. The number of hydrogen-bond donors (Lipinski definition) is 1. The van der Waals surface area contributed by atoms with Crippen LogP contribution in [0.5, 0.6) is 0 Å². The average molecular weight is 203 g/mol. The highest BCUT2D eigenvalue weighted by molar-refractivity contribution is 5.51. The lowest BCUT2D eigenvalue weighted by atomic mass is 10.1. The zero-order valence-electron chi connectivity index (χ0n) is 9.54. The molecule has 0 aromatic heterocycles. The first-order valence-electron chi connectivity index (χ1n) is 5.03. The third-order valence-electron chi connectivity index (χ3n) is 2.23. The van der Waals surface area contributed by atoms with Gasteiger partial charge in [-0.25, -0.2) is 0 Å². The van der Waals surface area contributed by atoms with Crippen molar-refractivity contribution in [1.82, 2.24) is 4.90 Å². The Bertz CT molecular complexity index is 364. The van der Waals surface area contributed by atoms with Crippen molar-refractivity contribution in [3.63, 3.8) is 0 Å². The van der Waals surface area contributed by atoms with Crippen LogP contribution in [0.25, 0.3) is 0 Å². The Labute approximate surface area is 91.3 Å². The SMILES string of the molecule is Cc1cc(NCCN(C)C)ccc1C#N. The number of nitrogens with one attached hydrogen (secondary N) is 1. The highest BCUT2D eigenvalue weighted by Gasteiger charge is 1.98. The second kappa shape index (κ2) is 5.38. The third-order valence-corrected chi connectivity index (χ3v) is 2.23. The molecule has 0 saturated heterocycles. The summed E-state index contributed by atoms with van der Waals surface area (Å²) in [5.74, 6) is 0. The molecule has 0 aliphatic carbocycles. The van der Waals surface area contributed by atoms with E-state index in [1.807, 2.05) is 39.2 Å². The van der Waals surface area contributed by atoms with Crippen LogP contribution in [-0.4, -0.2) is 32.1 Å². The molecule has 0 atom stereocenters. The molecule has 0 spiro atoms. The smallest absolute Gasteiger partial charge is 0.0994 e. The molecule has 1 N–H and O–H groups in total. The van der Waals surface area contributed by atoms with Gasteiger partial charge in [0.2, 0.25) is 0 Å². The molecule has 0 unspecified atom stereocenters. The molecule has 0 aliphatic rings. The molecule has 0 heterocycles. The molecule has 1 aromatic rings. The fourth-order valence-corrected chi connectivity index (χ4v) is 1.32. The highest BCUT2D eigenvalue weighted by Crippen LogP contribution is 2.13. The summed E-state index contributed by atoms with van der Waals surface area (Å²) in [5.41, 5.74) is 2.84. The van der Waals surface area contributed by atoms with E-state index in [1.54, 1.807) is 0 Å². The van der Waals surface area contributed by atoms with Crippen LogP contribution in [0.1, 0.15) is 11.1 Å². The van der Waals surface area contributed by atoms with Crippen molar-refractivity contribution in [3.8, 4) is 6.07 Å². The number of aryl methyl sites for hydroxylation is 1. The van der Waals surface area contributed by atoms with Gasteiger partial charge < -0.3 is 10.2 Å². The van der Waals surface area contributed by atoms with Crippen LogP contribution in [0, 0.1) is 18.3 Å². The predicted molar refractivity (Wildman–Crippen MR) is 62.9 cm³/mol. The van der Waals surface area contributed by atoms with Crippen molar-refractivity contribution in [3.05, 3.63) is 29.3 Å². The Balaban J connectivity index is 2.57. The fraction of sp³-hybridized carbons (Fsp3) is 0.417. The first-order chi connectivity index (χ1) is 7.13. The van der Waals surface area contributed by atoms with Gasteiger partial charge in [0.25, 0.3) is 0 Å². The van der Waals surface area contributed by atoms with Gasteiger partial charge in [-0.3, -0.25) is 0 Å². The number of nitrogens with zero attached hydrogens (tertiary/aromatic N) is 2. The second-order valence-corrected chi connectivity index (χ2v) is 3.87. The van der Waals surface area contributed by atoms with Crippen molar-refractivity contribution in [2.45, 2.75) is 6.92 Å². The molecule has 1 aromatic carbocycles. The van der Waals surface area contributed by atoms with Crippen LogP contribution in [0.4, 0.5) is 5.69 Å². The molecule has 3 nitrogen and oxygen atoms in total. The van der Waals surface area contributed by atoms with Gasteiger partial charge in [-0.15, -0.1) is 0 Å². The normalized spacial score (nSPS) is 10.1. The van der Waals surface area contributed by atoms with E-state index in [9.17, 15) is 0 Å². The molecule has 1 rings (SSSR count). The van der Waals surface area contributed by atoms with Gasteiger partial charge in [0, 0.05) is 18.8 Å². The largest absolute Gasteiger partial charge is 0.384 e. The van der Waals surface area contributed by atoms with Crippen LogP contribution in [-0.2, 0) is 0 Å². The summed E-state index contributed by atoms with van der Waals surface area (Å²) in [5, 5.41) is 12.1. The first kappa shape index (κ1) is 11.5. The maximum absolute atomic E-state index is 8.78. The standard InChI is InChI=1S/C12H17N3/c1-10-8-12(5-4-11(10)9-13)14-6-7-15(2)3/h4-5,8,14H,6-7H2,1-3H3. The van der Waals surface area contributed by atoms with Crippen molar-refractivity contribution >= 4 is 5.69 Å². The van der Waals surface area contributed by atoms with Crippen LogP contribution in [0.3, 0.4) is 0 Å². The Kier molecular flexibility index (Phi) is 4.14. The number of likely N-dealkylation sites (N-methyl/N-ethyl adjacent to an activating group) is 1. The number of rotatable bonds is 4. The molecule has 0 amide bonds. The molecule has 80 valence electrons. The van der Waals surface area contributed by atoms with E-state index in [0.717, 1.165) is 29.9 Å². The Morgan fingerprint density at radius 1 is 1.40 bits per heavy atom. The lowest BCUT2D eigenvalue weighted by Crippen LogP contribution is -2.20. The van der Waals surface area contributed by atoms with Gasteiger partial charge in [-0.1, -0.05) is 0 Å². The average Bonchev–Trinajstić information content (AvgIpc) is 2.17. The Morgan fingerprint density at radius 3 is 2.67 bits per heavy atom. The minimum Gasteiger partial charge on any atom is -0.384 e. The molecule has 0 fully saturated rings. The number of anilines is 1. The van der Waals surface area contributed by atoms with Crippen molar-refractivity contribution in [2.75, 3.05) is 32.5 Å². The lowest BCUT2D eigenvalue weighted by molar-refractivity contribution is 0.425. The van der Waals surface area contributed by atoms with Crippen molar-refractivity contribution in [2.24, 2.45) is 0 Å². The minimum atomic E-state index is 0.744. The van der Waals surface area contributed by atoms with E-state index in [4.69, 9.17) is 5.26 Å². The number of nitriles is 1. The molecule has 3 heteroatoms. The summed E-state index contributed by atoms with van der Waals surface area (Å²) in [6.45, 7) is 3.87. The zero-order chi connectivity index (χ0) is 11.3. The van der Waals surface area contributed by atoms with Crippen LogP contribution < -0.4 is 5.32 Å². The summed E-state index contributed by atoms with van der Waals surface area (Å²) in [4.78, 5) is 2.13. The minimum absolute atomic E-state index is 0.744. The number of benzene rings is 1. The first-order valence-corrected chi connectivity index (χ1v) is 5.03. The molecule has 0 radical (unpaired) electrons. The Morgan fingerprint density at radius 2 is 2.13 bits per heavy atom. The number of hydrogen-bond acceptors (Lipinski definition) is 3. The summed E-state index contributed by atoms with van der Waals surface area (Å²) < 4.78 is 0. The van der Waals surface area contributed by atoms with Gasteiger partial charge in [-0.05, 0) is 44.8 Å². The summed E-state index contributed by atoms with van der Waals surface area (Å²) in [7, 11) is 4.09. The van der Waals surface area contributed by atoms with E-state index < -0.39 is 0 Å². The molecule has 0 saturated carbocycles. The van der Waals surface area contributed by atoms with Crippen molar-refractivity contribution in [1.29, 1.82) is 5.26 Å². The van der Waals surface area contributed by atoms with Gasteiger partial charge in [0.05, 0.1) is 11.6 Å². The molecular weight excluding hydrogens is 186 g/mol. The van der Waals surface area contributed by atoms with Crippen molar-refractivity contribution < 1.29 is 0 Å². The molecule has 0 aliphatic heterocycles. The van der Waals surface area contributed by atoms with Gasteiger partial charge in [0.1, 0.15) is 0 Å². The van der Waals surface area contributed by atoms with E-state index in [0.29, 0.717) is 0 Å². The second-order valence-electron chi connectivity index (χ2n) is 3.87. The molecule has 0 bridgehead atoms. The third kappa shape index (κ3) is 3.61. The van der Waals surface area contributed by atoms with Gasteiger partial charge in [0.15, 0.2) is 0 Å². The van der Waals surface area contributed by atoms with Gasteiger partial charge >= 0.3 is 0 Å². The van der Waals surface area contributed by atoms with E-state index >= 15 is 0 Å². The van der Waals surface area contributed by atoms with Crippen LogP contribution in [0.2, 0.25) is 0 Å². The summed E-state index contributed by atoms with van der Waals surface area (Å²) >= 11 is 0. The highest BCUT2D eigenvalue weighted by atomic mass is 15.1. The van der Waals surface area contributed by atoms with Gasteiger partial charge in [-0.2, -0.15) is 5.26 Å². The quantitative estimate of drug-likeness (QED) is 0.811. The summed E-state index contributed by atoms with van der Waals surface area (Å²) in [6.07, 6.45) is 0. The maximum Gasteiger partial charge on any atom is 0.0994 e. The van der Waals surface area contributed by atoms with E-state index in [1.165, 1.54) is 0 Å². The molecular formula is C12H17N3. The monoisotopic (exact) mass is 203 g/mol. The lowest BCUT2D eigenvalue weighted by Gasteiger charge is -2.11. The molecule has 15 heavy (non-hydrogen) atoms. The topological polar surface area (TPSA) is 39.1 Å². The van der Waals surface area contributed by atoms with E-state index in [-0.39, 0.29) is 0 Å².